The Balaban J connectivity index is 1.58. The minimum Gasteiger partial charge on any atom is -0.323 e. The smallest absolute Gasteiger partial charge is 0.248 e. The van der Waals surface area contributed by atoms with Crippen LogP contribution in [0, 0.1) is 5.82 Å². The first kappa shape index (κ1) is 20.4. The summed E-state index contributed by atoms with van der Waals surface area (Å²) in [5.41, 5.74) is 2.00. The van der Waals surface area contributed by atoms with Gasteiger partial charge in [-0.1, -0.05) is 42.5 Å². The molecule has 1 amide bonds. The van der Waals surface area contributed by atoms with Crippen LogP contribution in [0.15, 0.2) is 89.8 Å². The van der Waals surface area contributed by atoms with Gasteiger partial charge in [0.25, 0.3) is 0 Å². The molecule has 0 spiro atoms. The van der Waals surface area contributed by atoms with Crippen molar-refractivity contribution in [3.63, 3.8) is 0 Å². The molecule has 0 unspecified atom stereocenters. The number of carbonyl (C=O) groups excluding carboxylic acids is 1. The second-order valence-corrected chi connectivity index (χ2v) is 7.98. The number of amides is 1. The number of hydrogen-bond acceptors (Lipinski definition) is 3. The molecule has 5 nitrogen and oxygen atoms in total. The Morgan fingerprint density at radius 3 is 2.21 bits per heavy atom. The number of carbonyl (C=O) groups is 1. The number of sulfonamides is 1. The Bertz CT molecular complexity index is 1100. The molecule has 0 fully saturated rings. The van der Waals surface area contributed by atoms with Crippen molar-refractivity contribution in [2.24, 2.45) is 0 Å². The highest BCUT2D eigenvalue weighted by atomic mass is 32.2. The molecule has 3 aromatic carbocycles. The SMILES string of the molecule is O=C(C=Cc1ccc(F)cc1)Nc1ccc(S(=O)(=O)NCc2ccccc2)cc1. The number of nitrogens with one attached hydrogen (secondary N) is 2. The second-order valence-electron chi connectivity index (χ2n) is 6.21. The van der Waals surface area contributed by atoms with Gasteiger partial charge in [0, 0.05) is 18.3 Å². The minimum absolute atomic E-state index is 0.105. The van der Waals surface area contributed by atoms with Crippen LogP contribution >= 0.6 is 0 Å². The van der Waals surface area contributed by atoms with E-state index in [-0.39, 0.29) is 23.2 Å². The number of rotatable bonds is 7. The van der Waals surface area contributed by atoms with Gasteiger partial charge in [-0.15, -0.1) is 0 Å². The summed E-state index contributed by atoms with van der Waals surface area (Å²) in [6, 6.07) is 20.8. The van der Waals surface area contributed by atoms with Crippen LogP contribution in [0.2, 0.25) is 0 Å². The molecule has 0 heterocycles. The predicted octanol–water partition coefficient (Wildman–Crippen LogP) is 3.96. The maximum atomic E-state index is 12.9. The third-order valence-corrected chi connectivity index (χ3v) is 5.46. The predicted molar refractivity (Wildman–Crippen MR) is 111 cm³/mol. The summed E-state index contributed by atoms with van der Waals surface area (Å²) in [6.07, 6.45) is 2.88. The summed E-state index contributed by atoms with van der Waals surface area (Å²) in [6.45, 7) is 0.190. The lowest BCUT2D eigenvalue weighted by atomic mass is 10.2. The quantitative estimate of drug-likeness (QED) is 0.579. The van der Waals surface area contributed by atoms with Gasteiger partial charge in [-0.25, -0.2) is 17.5 Å². The van der Waals surface area contributed by atoms with E-state index in [0.717, 1.165) is 5.56 Å². The lowest BCUT2D eigenvalue weighted by Crippen LogP contribution is -2.23. The fraction of sp³-hybridized carbons (Fsp3) is 0.0455. The third kappa shape index (κ3) is 6.10. The molecule has 0 saturated carbocycles. The number of anilines is 1. The van der Waals surface area contributed by atoms with Crippen molar-refractivity contribution in [3.05, 3.63) is 102 Å². The average molecular weight is 410 g/mol. The second kappa shape index (κ2) is 9.27. The molecule has 29 heavy (non-hydrogen) atoms. The first-order valence-corrected chi connectivity index (χ1v) is 10.3. The van der Waals surface area contributed by atoms with Gasteiger partial charge in [0.2, 0.25) is 15.9 Å². The molecular weight excluding hydrogens is 391 g/mol. The van der Waals surface area contributed by atoms with Crippen LogP contribution in [0.1, 0.15) is 11.1 Å². The zero-order valence-electron chi connectivity index (χ0n) is 15.4. The molecule has 2 N–H and O–H groups in total. The number of halogens is 1. The molecular formula is C22H19FN2O3S. The summed E-state index contributed by atoms with van der Waals surface area (Å²) in [4.78, 5) is 12.1. The fourth-order valence-corrected chi connectivity index (χ4v) is 3.52. The molecule has 3 rings (SSSR count). The molecule has 7 heteroatoms. The molecule has 0 aliphatic rings. The highest BCUT2D eigenvalue weighted by molar-refractivity contribution is 7.89. The highest BCUT2D eigenvalue weighted by Crippen LogP contribution is 2.15. The van der Waals surface area contributed by atoms with E-state index in [1.807, 2.05) is 30.3 Å². The summed E-state index contributed by atoms with van der Waals surface area (Å²) >= 11 is 0. The zero-order chi connectivity index (χ0) is 20.7. The van der Waals surface area contributed by atoms with Crippen molar-refractivity contribution in [2.45, 2.75) is 11.4 Å². The van der Waals surface area contributed by atoms with E-state index < -0.39 is 10.0 Å². The van der Waals surface area contributed by atoms with Crippen molar-refractivity contribution in [2.75, 3.05) is 5.32 Å². The van der Waals surface area contributed by atoms with Gasteiger partial charge in [-0.05, 0) is 53.6 Å². The third-order valence-electron chi connectivity index (χ3n) is 4.04. The van der Waals surface area contributed by atoms with Gasteiger partial charge in [-0.2, -0.15) is 0 Å². The van der Waals surface area contributed by atoms with E-state index in [0.29, 0.717) is 11.3 Å². The van der Waals surface area contributed by atoms with Crippen molar-refractivity contribution in [3.8, 4) is 0 Å². The summed E-state index contributed by atoms with van der Waals surface area (Å²) < 4.78 is 40.2. The highest BCUT2D eigenvalue weighted by Gasteiger charge is 2.13. The molecule has 0 bridgehead atoms. The Labute approximate surface area is 169 Å². The van der Waals surface area contributed by atoms with Crippen LogP contribution < -0.4 is 10.0 Å². The zero-order valence-corrected chi connectivity index (χ0v) is 16.2. The van der Waals surface area contributed by atoms with Crippen molar-refractivity contribution in [1.82, 2.24) is 4.72 Å². The van der Waals surface area contributed by atoms with E-state index in [1.54, 1.807) is 18.2 Å². The lowest BCUT2D eigenvalue weighted by Gasteiger charge is -2.08. The molecule has 148 valence electrons. The fourth-order valence-electron chi connectivity index (χ4n) is 2.50. The van der Waals surface area contributed by atoms with Gasteiger partial charge >= 0.3 is 0 Å². The van der Waals surface area contributed by atoms with Crippen molar-refractivity contribution >= 4 is 27.7 Å². The Morgan fingerprint density at radius 1 is 0.897 bits per heavy atom. The van der Waals surface area contributed by atoms with Crippen LogP contribution in [-0.4, -0.2) is 14.3 Å². The number of benzene rings is 3. The Kier molecular flexibility index (Phi) is 6.54. The molecule has 0 radical (unpaired) electrons. The first-order valence-electron chi connectivity index (χ1n) is 8.81. The van der Waals surface area contributed by atoms with Crippen LogP contribution in [0.25, 0.3) is 6.08 Å². The van der Waals surface area contributed by atoms with Crippen molar-refractivity contribution in [1.29, 1.82) is 0 Å². The monoisotopic (exact) mass is 410 g/mol. The van der Waals surface area contributed by atoms with E-state index in [2.05, 4.69) is 10.0 Å². The van der Waals surface area contributed by atoms with E-state index in [4.69, 9.17) is 0 Å². The van der Waals surface area contributed by atoms with E-state index >= 15 is 0 Å². The van der Waals surface area contributed by atoms with Gasteiger partial charge in [0.1, 0.15) is 5.82 Å². The maximum absolute atomic E-state index is 12.9. The largest absolute Gasteiger partial charge is 0.323 e. The lowest BCUT2D eigenvalue weighted by molar-refractivity contribution is -0.111. The van der Waals surface area contributed by atoms with Gasteiger partial charge in [0.05, 0.1) is 4.90 Å². The van der Waals surface area contributed by atoms with Gasteiger partial charge < -0.3 is 5.32 Å². The number of hydrogen-bond donors (Lipinski definition) is 2. The standard InChI is InChI=1S/C22H19FN2O3S/c23-19-9-6-17(7-10-19)8-15-22(26)25-20-11-13-21(14-12-20)29(27,28)24-16-18-4-2-1-3-5-18/h1-15,24H,16H2,(H,25,26). The molecule has 0 saturated heterocycles. The maximum Gasteiger partial charge on any atom is 0.248 e. The average Bonchev–Trinajstić information content (AvgIpc) is 2.73. The van der Waals surface area contributed by atoms with Crippen LogP contribution in [0.3, 0.4) is 0 Å². The molecule has 0 atom stereocenters. The summed E-state index contributed by atoms with van der Waals surface area (Å²) in [5.74, 6) is -0.730. The van der Waals surface area contributed by atoms with Crippen LogP contribution in [0.4, 0.5) is 10.1 Å². The minimum atomic E-state index is -3.66. The van der Waals surface area contributed by atoms with Gasteiger partial charge in [-0.3, -0.25) is 4.79 Å². The summed E-state index contributed by atoms with van der Waals surface area (Å²) in [5, 5.41) is 2.65. The molecule has 0 aliphatic carbocycles. The van der Waals surface area contributed by atoms with Gasteiger partial charge in [0.15, 0.2) is 0 Å². The normalized spacial score (nSPS) is 11.5. The topological polar surface area (TPSA) is 75.3 Å². The Morgan fingerprint density at radius 2 is 1.55 bits per heavy atom. The molecule has 0 aliphatic heterocycles. The van der Waals surface area contributed by atoms with E-state index in [1.165, 1.54) is 42.5 Å². The van der Waals surface area contributed by atoms with Crippen LogP contribution in [0.5, 0.6) is 0 Å². The van der Waals surface area contributed by atoms with E-state index in [9.17, 15) is 17.6 Å². The first-order chi connectivity index (χ1) is 13.9. The van der Waals surface area contributed by atoms with Crippen LogP contribution in [-0.2, 0) is 21.4 Å². The molecule has 3 aromatic rings. The Hall–Kier alpha value is -3.29. The summed E-state index contributed by atoms with van der Waals surface area (Å²) in [7, 11) is -3.66. The molecule has 0 aromatic heterocycles. The van der Waals surface area contributed by atoms with Crippen molar-refractivity contribution < 1.29 is 17.6 Å².